The van der Waals surface area contributed by atoms with Crippen molar-refractivity contribution in [3.63, 3.8) is 0 Å². The summed E-state index contributed by atoms with van der Waals surface area (Å²) >= 11 is 1.60. The number of benzene rings is 1. The van der Waals surface area contributed by atoms with Crippen molar-refractivity contribution in [1.29, 1.82) is 0 Å². The molecule has 1 aliphatic heterocycles. The van der Waals surface area contributed by atoms with Crippen molar-refractivity contribution in [2.45, 2.75) is 44.3 Å². The van der Waals surface area contributed by atoms with Crippen LogP contribution in [0, 0.1) is 0 Å². The van der Waals surface area contributed by atoms with Crippen molar-refractivity contribution >= 4 is 23.5 Å². The number of Topliss-reactive ketones (excluding diaryl/α,β-unsaturated/α-hetero) is 1. The fraction of sp³-hybridized carbons (Fsp3) is 0.421. The largest absolute Gasteiger partial charge is 0.494 e. The number of anilines is 1. The summed E-state index contributed by atoms with van der Waals surface area (Å²) in [5, 5.41) is 8.76. The van der Waals surface area contributed by atoms with E-state index in [1.165, 1.54) is 0 Å². The minimum Gasteiger partial charge on any atom is -0.494 e. The lowest BCUT2D eigenvalue weighted by Gasteiger charge is -2.32. The molecule has 136 valence electrons. The van der Waals surface area contributed by atoms with Crippen LogP contribution in [0.4, 0.5) is 5.95 Å². The predicted molar refractivity (Wildman–Crippen MR) is 102 cm³/mol. The van der Waals surface area contributed by atoms with Gasteiger partial charge in [-0.3, -0.25) is 4.79 Å². The van der Waals surface area contributed by atoms with E-state index >= 15 is 0 Å². The summed E-state index contributed by atoms with van der Waals surface area (Å²) in [5.74, 6) is 2.65. The van der Waals surface area contributed by atoms with Gasteiger partial charge >= 0.3 is 0 Å². The topological polar surface area (TPSA) is 69.0 Å². The molecule has 26 heavy (non-hydrogen) atoms. The first kappa shape index (κ1) is 17.1. The van der Waals surface area contributed by atoms with E-state index in [1.54, 1.807) is 11.8 Å². The van der Waals surface area contributed by atoms with Crippen molar-refractivity contribution in [2.75, 3.05) is 17.7 Å². The van der Waals surface area contributed by atoms with Crippen LogP contribution >= 0.6 is 11.8 Å². The molecular formula is C19H22N4O2S. The van der Waals surface area contributed by atoms with Crippen LogP contribution in [0.2, 0.25) is 0 Å². The van der Waals surface area contributed by atoms with Crippen LogP contribution in [0.25, 0.3) is 0 Å². The number of rotatable bonds is 5. The maximum absolute atomic E-state index is 12.7. The first-order valence-electron chi connectivity index (χ1n) is 9.06. The standard InChI is InChI=1S/C19H22N4O2S/c1-3-25-13-10-8-12(9-11-13)17-16-14(6-5-7-15(16)24)20-18-21-19(26-4-2)22-23(17)18/h8-11,17H,3-7H2,1-2H3,(H,20,21,22). The number of fused-ring (bicyclic) bond motifs is 1. The van der Waals surface area contributed by atoms with Gasteiger partial charge in [-0.2, -0.15) is 4.98 Å². The maximum atomic E-state index is 12.7. The molecule has 1 N–H and O–H groups in total. The van der Waals surface area contributed by atoms with Crippen LogP contribution < -0.4 is 10.1 Å². The van der Waals surface area contributed by atoms with Gasteiger partial charge in [0, 0.05) is 17.7 Å². The fourth-order valence-corrected chi connectivity index (χ4v) is 4.10. The average Bonchev–Trinajstić information content (AvgIpc) is 3.03. The Balaban J connectivity index is 1.80. The number of hydrogen-bond acceptors (Lipinski definition) is 6. The van der Waals surface area contributed by atoms with E-state index in [1.807, 2.05) is 35.9 Å². The van der Waals surface area contributed by atoms with Gasteiger partial charge in [0.25, 0.3) is 0 Å². The highest BCUT2D eigenvalue weighted by molar-refractivity contribution is 7.99. The number of ether oxygens (including phenoxy) is 1. The third-order valence-electron chi connectivity index (χ3n) is 4.63. The maximum Gasteiger partial charge on any atom is 0.227 e. The van der Waals surface area contributed by atoms with E-state index < -0.39 is 0 Å². The second-order valence-corrected chi connectivity index (χ2v) is 7.53. The SMILES string of the molecule is CCOc1ccc(C2C3=C(CCCC3=O)Nc3nc(SCC)nn32)cc1. The molecule has 0 saturated carbocycles. The van der Waals surface area contributed by atoms with Crippen LogP contribution in [0.3, 0.4) is 0 Å². The van der Waals surface area contributed by atoms with Crippen molar-refractivity contribution < 1.29 is 9.53 Å². The summed E-state index contributed by atoms with van der Waals surface area (Å²) in [5.41, 5.74) is 2.84. The predicted octanol–water partition coefficient (Wildman–Crippen LogP) is 3.81. The molecule has 1 aromatic heterocycles. The van der Waals surface area contributed by atoms with Crippen molar-refractivity contribution in [3.05, 3.63) is 41.1 Å². The third kappa shape index (κ3) is 3.00. The van der Waals surface area contributed by atoms with Crippen LogP contribution in [0.1, 0.15) is 44.7 Å². The fourth-order valence-electron chi connectivity index (χ4n) is 3.55. The highest BCUT2D eigenvalue weighted by atomic mass is 32.2. The lowest BCUT2D eigenvalue weighted by molar-refractivity contribution is -0.116. The zero-order chi connectivity index (χ0) is 18.1. The summed E-state index contributed by atoms with van der Waals surface area (Å²) in [4.78, 5) is 17.3. The molecule has 6 nitrogen and oxygen atoms in total. The van der Waals surface area contributed by atoms with Crippen LogP contribution in [-0.2, 0) is 4.79 Å². The van der Waals surface area contributed by atoms with Crippen LogP contribution in [-0.4, -0.2) is 32.9 Å². The number of aromatic nitrogens is 3. The molecule has 0 bridgehead atoms. The molecule has 1 unspecified atom stereocenters. The zero-order valence-electron chi connectivity index (χ0n) is 15.0. The minimum absolute atomic E-state index is 0.198. The Bertz CT molecular complexity index is 857. The van der Waals surface area contributed by atoms with E-state index in [4.69, 9.17) is 4.74 Å². The molecule has 0 saturated heterocycles. The number of hydrogen-bond donors (Lipinski definition) is 1. The summed E-state index contributed by atoms with van der Waals surface area (Å²) in [6.45, 7) is 4.67. The minimum atomic E-state index is -0.233. The molecule has 2 heterocycles. The average molecular weight is 370 g/mol. The Labute approximate surface area is 157 Å². The van der Waals surface area contributed by atoms with E-state index in [-0.39, 0.29) is 11.8 Å². The number of ketones is 1. The van der Waals surface area contributed by atoms with E-state index in [0.29, 0.717) is 19.0 Å². The number of allylic oxidation sites excluding steroid dienone is 2. The monoisotopic (exact) mass is 370 g/mol. The Kier molecular flexibility index (Phi) is 4.72. The molecule has 1 atom stereocenters. The normalized spacial score (nSPS) is 19.0. The molecular weight excluding hydrogens is 348 g/mol. The number of nitrogens with one attached hydrogen (secondary N) is 1. The van der Waals surface area contributed by atoms with Crippen molar-refractivity contribution in [2.24, 2.45) is 0 Å². The van der Waals surface area contributed by atoms with Gasteiger partial charge in [0.15, 0.2) is 5.78 Å². The van der Waals surface area contributed by atoms with E-state index in [0.717, 1.165) is 46.3 Å². The molecule has 7 heteroatoms. The van der Waals surface area contributed by atoms with Gasteiger partial charge in [-0.15, -0.1) is 5.10 Å². The van der Waals surface area contributed by atoms with Gasteiger partial charge in [-0.05, 0) is 43.2 Å². The Morgan fingerprint density at radius 1 is 1.27 bits per heavy atom. The van der Waals surface area contributed by atoms with Gasteiger partial charge in [-0.1, -0.05) is 30.8 Å². The van der Waals surface area contributed by atoms with Gasteiger partial charge in [0.1, 0.15) is 11.8 Å². The molecule has 2 aliphatic rings. The molecule has 2 aromatic rings. The molecule has 0 radical (unpaired) electrons. The Morgan fingerprint density at radius 2 is 2.08 bits per heavy atom. The van der Waals surface area contributed by atoms with E-state index in [2.05, 4.69) is 22.3 Å². The van der Waals surface area contributed by atoms with Gasteiger partial charge in [0.05, 0.1) is 6.61 Å². The zero-order valence-corrected chi connectivity index (χ0v) is 15.8. The van der Waals surface area contributed by atoms with Gasteiger partial charge < -0.3 is 10.1 Å². The van der Waals surface area contributed by atoms with Gasteiger partial charge in [-0.25, -0.2) is 4.68 Å². The molecule has 0 amide bonds. The smallest absolute Gasteiger partial charge is 0.227 e. The summed E-state index contributed by atoms with van der Waals surface area (Å²) in [6.07, 6.45) is 2.34. The first-order chi connectivity index (χ1) is 12.7. The first-order valence-corrected chi connectivity index (χ1v) is 10.0. The number of thioether (sulfide) groups is 1. The highest BCUT2D eigenvalue weighted by Gasteiger charge is 2.36. The van der Waals surface area contributed by atoms with E-state index in [9.17, 15) is 4.79 Å². The lowest BCUT2D eigenvalue weighted by atomic mass is 9.85. The highest BCUT2D eigenvalue weighted by Crippen LogP contribution is 2.40. The van der Waals surface area contributed by atoms with Crippen molar-refractivity contribution in [1.82, 2.24) is 14.8 Å². The molecule has 1 aromatic carbocycles. The number of nitrogens with zero attached hydrogens (tertiary/aromatic N) is 3. The van der Waals surface area contributed by atoms with Crippen molar-refractivity contribution in [3.8, 4) is 5.75 Å². The second-order valence-electron chi connectivity index (χ2n) is 6.29. The quantitative estimate of drug-likeness (QED) is 0.807. The van der Waals surface area contributed by atoms with Crippen LogP contribution in [0.15, 0.2) is 40.7 Å². The third-order valence-corrected chi connectivity index (χ3v) is 5.35. The second kappa shape index (κ2) is 7.15. The Hall–Kier alpha value is -2.28. The molecule has 1 aliphatic carbocycles. The summed E-state index contributed by atoms with van der Waals surface area (Å²) < 4.78 is 7.41. The number of carbonyl (C=O) groups excluding carboxylic acids is 1. The van der Waals surface area contributed by atoms with Crippen LogP contribution in [0.5, 0.6) is 5.75 Å². The molecule has 0 spiro atoms. The molecule has 4 rings (SSSR count). The Morgan fingerprint density at radius 3 is 2.81 bits per heavy atom. The number of carbonyl (C=O) groups is 1. The van der Waals surface area contributed by atoms with Gasteiger partial charge in [0.2, 0.25) is 11.1 Å². The lowest BCUT2D eigenvalue weighted by Crippen LogP contribution is -2.31. The molecule has 0 fully saturated rings. The summed E-state index contributed by atoms with van der Waals surface area (Å²) in [6, 6.07) is 7.71. The summed E-state index contributed by atoms with van der Waals surface area (Å²) in [7, 11) is 0.